The zero-order chi connectivity index (χ0) is 13.8. The molecule has 0 radical (unpaired) electrons. The minimum atomic E-state index is 0.402. The van der Waals surface area contributed by atoms with Crippen molar-refractivity contribution >= 4 is 11.0 Å². The lowest BCUT2D eigenvalue weighted by atomic mass is 10.0. The molecule has 1 aromatic heterocycles. The van der Waals surface area contributed by atoms with Gasteiger partial charge in [0.15, 0.2) is 0 Å². The molecule has 1 N–H and O–H groups in total. The van der Waals surface area contributed by atoms with Gasteiger partial charge in [0.2, 0.25) is 0 Å². The highest BCUT2D eigenvalue weighted by atomic mass is 16.5. The lowest BCUT2D eigenvalue weighted by Crippen LogP contribution is -2.38. The van der Waals surface area contributed by atoms with Crippen LogP contribution in [0.15, 0.2) is 30.6 Å². The molecule has 0 saturated carbocycles. The first-order valence-corrected chi connectivity index (χ1v) is 7.58. The standard InChI is InChI=1S/C16H23N3O/c1-13-11-14(7-10-20-13)17-8-4-9-19-12-18-15-5-2-3-6-16(15)19/h2-3,5-6,12-14,17H,4,7-11H2,1H3. The monoisotopic (exact) mass is 273 g/mol. The zero-order valence-corrected chi connectivity index (χ0v) is 12.1. The molecular weight excluding hydrogens is 250 g/mol. The van der Waals surface area contributed by atoms with E-state index >= 15 is 0 Å². The summed E-state index contributed by atoms with van der Waals surface area (Å²) in [5, 5.41) is 3.65. The van der Waals surface area contributed by atoms with E-state index < -0.39 is 0 Å². The maximum Gasteiger partial charge on any atom is 0.0958 e. The van der Waals surface area contributed by atoms with E-state index in [1.54, 1.807) is 0 Å². The third kappa shape index (κ3) is 3.19. The van der Waals surface area contributed by atoms with Crippen LogP contribution in [-0.2, 0) is 11.3 Å². The smallest absolute Gasteiger partial charge is 0.0958 e. The van der Waals surface area contributed by atoms with Crippen molar-refractivity contribution in [2.24, 2.45) is 0 Å². The predicted octanol–water partition coefficient (Wildman–Crippen LogP) is 2.58. The van der Waals surface area contributed by atoms with Gasteiger partial charge in [-0.1, -0.05) is 12.1 Å². The zero-order valence-electron chi connectivity index (χ0n) is 12.1. The van der Waals surface area contributed by atoms with Crippen molar-refractivity contribution in [2.45, 2.75) is 44.9 Å². The topological polar surface area (TPSA) is 39.1 Å². The average Bonchev–Trinajstić information content (AvgIpc) is 2.87. The molecule has 2 atom stereocenters. The van der Waals surface area contributed by atoms with Gasteiger partial charge in [-0.15, -0.1) is 0 Å². The van der Waals surface area contributed by atoms with Crippen LogP contribution < -0.4 is 5.32 Å². The molecule has 108 valence electrons. The molecular formula is C16H23N3O. The van der Waals surface area contributed by atoms with Crippen molar-refractivity contribution in [3.8, 4) is 0 Å². The summed E-state index contributed by atoms with van der Waals surface area (Å²) in [6.07, 6.45) is 5.75. The van der Waals surface area contributed by atoms with Crippen LogP contribution in [0.5, 0.6) is 0 Å². The van der Waals surface area contributed by atoms with Gasteiger partial charge in [0, 0.05) is 19.2 Å². The molecule has 0 bridgehead atoms. The molecule has 1 fully saturated rings. The van der Waals surface area contributed by atoms with E-state index in [9.17, 15) is 0 Å². The Morgan fingerprint density at radius 1 is 1.40 bits per heavy atom. The van der Waals surface area contributed by atoms with Gasteiger partial charge < -0.3 is 14.6 Å². The maximum atomic E-state index is 5.57. The van der Waals surface area contributed by atoms with Gasteiger partial charge >= 0.3 is 0 Å². The number of para-hydroxylation sites is 2. The van der Waals surface area contributed by atoms with E-state index in [0.717, 1.165) is 44.5 Å². The van der Waals surface area contributed by atoms with Crippen molar-refractivity contribution in [1.29, 1.82) is 0 Å². The van der Waals surface area contributed by atoms with Gasteiger partial charge in [-0.3, -0.25) is 0 Å². The fraction of sp³-hybridized carbons (Fsp3) is 0.562. The summed E-state index contributed by atoms with van der Waals surface area (Å²) in [5.41, 5.74) is 2.31. The normalized spacial score (nSPS) is 23.2. The Labute approximate surface area is 120 Å². The average molecular weight is 273 g/mol. The second kappa shape index (κ2) is 6.37. The summed E-state index contributed by atoms with van der Waals surface area (Å²) in [6.45, 7) is 5.13. The van der Waals surface area contributed by atoms with Crippen LogP contribution in [-0.4, -0.2) is 34.8 Å². The number of aromatic nitrogens is 2. The van der Waals surface area contributed by atoms with E-state index in [0.29, 0.717) is 12.1 Å². The number of hydrogen-bond acceptors (Lipinski definition) is 3. The number of imidazole rings is 1. The Bertz CT molecular complexity index is 551. The first-order valence-electron chi connectivity index (χ1n) is 7.58. The molecule has 1 aromatic carbocycles. The molecule has 2 unspecified atom stereocenters. The lowest BCUT2D eigenvalue weighted by molar-refractivity contribution is 0.0133. The van der Waals surface area contributed by atoms with Crippen molar-refractivity contribution in [1.82, 2.24) is 14.9 Å². The van der Waals surface area contributed by atoms with Crippen LogP contribution in [0.1, 0.15) is 26.2 Å². The number of rotatable bonds is 5. The van der Waals surface area contributed by atoms with Gasteiger partial charge in [0.25, 0.3) is 0 Å². The van der Waals surface area contributed by atoms with Crippen molar-refractivity contribution < 1.29 is 4.74 Å². The van der Waals surface area contributed by atoms with E-state index in [2.05, 4.69) is 40.0 Å². The number of benzene rings is 1. The van der Waals surface area contributed by atoms with E-state index in [1.807, 2.05) is 12.4 Å². The number of ether oxygens (including phenoxy) is 1. The summed E-state index contributed by atoms with van der Waals surface area (Å²) in [5.74, 6) is 0. The van der Waals surface area contributed by atoms with Crippen LogP contribution in [0.3, 0.4) is 0 Å². The minimum Gasteiger partial charge on any atom is -0.378 e. The highest BCUT2D eigenvalue weighted by Crippen LogP contribution is 2.14. The molecule has 2 aromatic rings. The SMILES string of the molecule is CC1CC(NCCCn2cnc3ccccc32)CCO1. The quantitative estimate of drug-likeness (QED) is 0.851. The largest absolute Gasteiger partial charge is 0.378 e. The Balaban J connectivity index is 1.46. The van der Waals surface area contributed by atoms with Crippen molar-refractivity contribution in [2.75, 3.05) is 13.2 Å². The second-order valence-corrected chi connectivity index (χ2v) is 5.64. The Kier molecular flexibility index (Phi) is 4.33. The third-order valence-electron chi connectivity index (χ3n) is 4.02. The van der Waals surface area contributed by atoms with Gasteiger partial charge in [-0.2, -0.15) is 0 Å². The Hall–Kier alpha value is -1.39. The van der Waals surface area contributed by atoms with Gasteiger partial charge in [-0.05, 0) is 44.9 Å². The fourth-order valence-electron chi connectivity index (χ4n) is 2.93. The van der Waals surface area contributed by atoms with Crippen LogP contribution in [0.2, 0.25) is 0 Å². The lowest BCUT2D eigenvalue weighted by Gasteiger charge is -2.28. The molecule has 3 rings (SSSR count). The summed E-state index contributed by atoms with van der Waals surface area (Å²) in [4.78, 5) is 4.42. The molecule has 20 heavy (non-hydrogen) atoms. The summed E-state index contributed by atoms with van der Waals surface area (Å²) in [6, 6.07) is 8.93. The molecule has 4 heteroatoms. The third-order valence-corrected chi connectivity index (χ3v) is 4.02. The van der Waals surface area contributed by atoms with Crippen LogP contribution in [0.25, 0.3) is 11.0 Å². The number of nitrogens with zero attached hydrogens (tertiary/aromatic N) is 2. The summed E-state index contributed by atoms with van der Waals surface area (Å²) in [7, 11) is 0. The number of fused-ring (bicyclic) bond motifs is 1. The van der Waals surface area contributed by atoms with E-state index in [-0.39, 0.29) is 0 Å². The minimum absolute atomic E-state index is 0.402. The molecule has 0 aliphatic carbocycles. The summed E-state index contributed by atoms with van der Waals surface area (Å²) < 4.78 is 7.81. The molecule has 4 nitrogen and oxygen atoms in total. The van der Waals surface area contributed by atoms with Gasteiger partial charge in [0.05, 0.1) is 23.5 Å². The molecule has 1 saturated heterocycles. The van der Waals surface area contributed by atoms with E-state index in [4.69, 9.17) is 4.74 Å². The highest BCUT2D eigenvalue weighted by molar-refractivity contribution is 5.74. The predicted molar refractivity (Wildman–Crippen MR) is 80.8 cm³/mol. The number of hydrogen-bond donors (Lipinski definition) is 1. The van der Waals surface area contributed by atoms with E-state index in [1.165, 1.54) is 5.52 Å². The summed E-state index contributed by atoms with van der Waals surface area (Å²) >= 11 is 0. The van der Waals surface area contributed by atoms with Gasteiger partial charge in [-0.25, -0.2) is 4.98 Å². The number of aryl methyl sites for hydroxylation is 1. The molecule has 0 amide bonds. The molecule has 1 aliphatic heterocycles. The van der Waals surface area contributed by atoms with Crippen molar-refractivity contribution in [3.05, 3.63) is 30.6 Å². The number of nitrogens with one attached hydrogen (secondary N) is 1. The molecule has 2 heterocycles. The van der Waals surface area contributed by atoms with Crippen LogP contribution in [0, 0.1) is 0 Å². The van der Waals surface area contributed by atoms with Crippen LogP contribution >= 0.6 is 0 Å². The van der Waals surface area contributed by atoms with Crippen molar-refractivity contribution in [3.63, 3.8) is 0 Å². The highest BCUT2D eigenvalue weighted by Gasteiger charge is 2.18. The Morgan fingerprint density at radius 2 is 2.30 bits per heavy atom. The maximum absolute atomic E-state index is 5.57. The second-order valence-electron chi connectivity index (χ2n) is 5.64. The van der Waals surface area contributed by atoms with Gasteiger partial charge in [0.1, 0.15) is 0 Å². The molecule has 0 spiro atoms. The first kappa shape index (κ1) is 13.6. The fourth-order valence-corrected chi connectivity index (χ4v) is 2.93. The first-order chi connectivity index (χ1) is 9.83. The Morgan fingerprint density at radius 3 is 3.20 bits per heavy atom. The molecule has 1 aliphatic rings. The van der Waals surface area contributed by atoms with Crippen LogP contribution in [0.4, 0.5) is 0 Å².